The molecule has 0 aliphatic carbocycles. The Kier molecular flexibility index (Phi) is 5.19. The van der Waals surface area contributed by atoms with Gasteiger partial charge in [0.15, 0.2) is 5.76 Å². The van der Waals surface area contributed by atoms with E-state index in [1.165, 1.54) is 18.2 Å². The first-order valence-electron chi connectivity index (χ1n) is 7.61. The average molecular weight is 307 g/mol. The maximum absolute atomic E-state index is 13.2. The van der Waals surface area contributed by atoms with Crippen LogP contribution in [0.4, 0.5) is 4.39 Å². The van der Waals surface area contributed by atoms with Gasteiger partial charge in [-0.25, -0.2) is 4.39 Å². The molecular weight excluding hydrogens is 285 g/mol. The van der Waals surface area contributed by atoms with Crippen molar-refractivity contribution in [2.24, 2.45) is 5.41 Å². The second-order valence-electron chi connectivity index (χ2n) is 5.66. The molecule has 0 atom stereocenters. The van der Waals surface area contributed by atoms with E-state index in [4.69, 9.17) is 4.42 Å². The second-order valence-corrected chi connectivity index (χ2v) is 5.66. The minimum atomic E-state index is -0.362. The van der Waals surface area contributed by atoms with Gasteiger partial charge in [-0.15, -0.1) is 0 Å². The Hall–Kier alpha value is -1.88. The van der Waals surface area contributed by atoms with E-state index in [9.17, 15) is 14.3 Å². The Bertz CT molecular complexity index is 646. The number of benzene rings is 1. The molecule has 0 fully saturated rings. The molecule has 1 aromatic heterocycles. The molecule has 22 heavy (non-hydrogen) atoms. The van der Waals surface area contributed by atoms with Crippen LogP contribution in [-0.4, -0.2) is 24.2 Å². The van der Waals surface area contributed by atoms with Crippen molar-refractivity contribution >= 4 is 16.9 Å². The van der Waals surface area contributed by atoms with Gasteiger partial charge in [0.05, 0.1) is 0 Å². The van der Waals surface area contributed by atoms with Crippen LogP contribution in [0, 0.1) is 11.2 Å². The molecule has 1 heterocycles. The minimum Gasteiger partial charge on any atom is -0.451 e. The Balaban J connectivity index is 2.10. The summed E-state index contributed by atoms with van der Waals surface area (Å²) in [5.74, 6) is -0.509. The van der Waals surface area contributed by atoms with Gasteiger partial charge in [0.1, 0.15) is 11.4 Å². The topological polar surface area (TPSA) is 62.5 Å². The van der Waals surface area contributed by atoms with Gasteiger partial charge >= 0.3 is 0 Å². The van der Waals surface area contributed by atoms with Crippen LogP contribution in [0.1, 0.15) is 43.7 Å². The summed E-state index contributed by atoms with van der Waals surface area (Å²) in [6.07, 6.45) is 2.39. The first-order chi connectivity index (χ1) is 10.5. The molecule has 120 valence electrons. The average Bonchev–Trinajstić information content (AvgIpc) is 2.94. The monoisotopic (exact) mass is 307 g/mol. The maximum atomic E-state index is 13.2. The number of hydrogen-bond acceptors (Lipinski definition) is 3. The highest BCUT2D eigenvalue weighted by Crippen LogP contribution is 2.29. The molecule has 1 aromatic carbocycles. The SMILES string of the molecule is CCC(CC)(CCO)CNC(=O)c1cc2cc(F)ccc2o1. The van der Waals surface area contributed by atoms with Crippen molar-refractivity contribution in [3.63, 3.8) is 0 Å². The van der Waals surface area contributed by atoms with Crippen molar-refractivity contribution in [3.05, 3.63) is 35.8 Å². The van der Waals surface area contributed by atoms with Crippen LogP contribution < -0.4 is 5.32 Å². The molecule has 5 heteroatoms. The molecule has 0 unspecified atom stereocenters. The largest absolute Gasteiger partial charge is 0.451 e. The van der Waals surface area contributed by atoms with E-state index >= 15 is 0 Å². The van der Waals surface area contributed by atoms with E-state index in [-0.39, 0.29) is 29.5 Å². The number of aliphatic hydroxyl groups excluding tert-OH is 1. The fourth-order valence-electron chi connectivity index (χ4n) is 2.66. The van der Waals surface area contributed by atoms with Gasteiger partial charge in [-0.05, 0) is 48.9 Å². The summed E-state index contributed by atoms with van der Waals surface area (Å²) in [5, 5.41) is 12.6. The number of nitrogens with one attached hydrogen (secondary N) is 1. The summed E-state index contributed by atoms with van der Waals surface area (Å²) in [6, 6.07) is 5.69. The summed E-state index contributed by atoms with van der Waals surface area (Å²) >= 11 is 0. The van der Waals surface area contributed by atoms with Gasteiger partial charge in [-0.2, -0.15) is 0 Å². The lowest BCUT2D eigenvalue weighted by Crippen LogP contribution is -2.37. The van der Waals surface area contributed by atoms with E-state index in [0.717, 1.165) is 12.8 Å². The van der Waals surface area contributed by atoms with E-state index in [2.05, 4.69) is 19.2 Å². The standard InChI is InChI=1S/C17H22FNO3/c1-3-17(4-2,7-8-20)11-19-16(21)15-10-12-9-13(18)5-6-14(12)22-15/h5-6,9-10,20H,3-4,7-8,11H2,1-2H3,(H,19,21). The van der Waals surface area contributed by atoms with Gasteiger partial charge in [0, 0.05) is 18.5 Å². The van der Waals surface area contributed by atoms with Crippen molar-refractivity contribution in [2.75, 3.05) is 13.2 Å². The van der Waals surface area contributed by atoms with Crippen molar-refractivity contribution < 1.29 is 18.7 Å². The van der Waals surface area contributed by atoms with Crippen molar-refractivity contribution in [1.29, 1.82) is 0 Å². The van der Waals surface area contributed by atoms with Crippen LogP contribution in [0.25, 0.3) is 11.0 Å². The predicted molar refractivity (Wildman–Crippen MR) is 83.2 cm³/mol. The van der Waals surface area contributed by atoms with Crippen molar-refractivity contribution in [2.45, 2.75) is 33.1 Å². The Labute approximate surface area is 129 Å². The van der Waals surface area contributed by atoms with Gasteiger partial charge in [0.25, 0.3) is 5.91 Å². The molecule has 2 aromatic rings. The molecule has 0 radical (unpaired) electrons. The Morgan fingerprint density at radius 1 is 1.32 bits per heavy atom. The number of aliphatic hydroxyl groups is 1. The van der Waals surface area contributed by atoms with E-state index < -0.39 is 0 Å². The molecular formula is C17H22FNO3. The third-order valence-corrected chi connectivity index (χ3v) is 4.47. The van der Waals surface area contributed by atoms with E-state index in [1.807, 2.05) is 0 Å². The number of halogens is 1. The maximum Gasteiger partial charge on any atom is 0.287 e. The van der Waals surface area contributed by atoms with Crippen LogP contribution in [-0.2, 0) is 0 Å². The van der Waals surface area contributed by atoms with Crippen LogP contribution in [0.5, 0.6) is 0 Å². The Morgan fingerprint density at radius 3 is 2.68 bits per heavy atom. The van der Waals surface area contributed by atoms with Crippen LogP contribution in [0.15, 0.2) is 28.7 Å². The summed E-state index contributed by atoms with van der Waals surface area (Å²) in [7, 11) is 0. The lowest BCUT2D eigenvalue weighted by atomic mass is 9.79. The molecule has 0 bridgehead atoms. The second kappa shape index (κ2) is 6.92. The first-order valence-corrected chi connectivity index (χ1v) is 7.61. The lowest BCUT2D eigenvalue weighted by Gasteiger charge is -2.31. The van der Waals surface area contributed by atoms with Gasteiger partial charge in [-0.1, -0.05) is 13.8 Å². The van der Waals surface area contributed by atoms with Gasteiger partial charge in [-0.3, -0.25) is 4.79 Å². The van der Waals surface area contributed by atoms with Gasteiger partial charge in [0.2, 0.25) is 0 Å². The molecule has 2 rings (SSSR count). The summed E-state index contributed by atoms with van der Waals surface area (Å²) in [4.78, 5) is 12.2. The predicted octanol–water partition coefficient (Wildman–Crippen LogP) is 3.49. The fourth-order valence-corrected chi connectivity index (χ4v) is 2.66. The summed E-state index contributed by atoms with van der Waals surface area (Å²) in [5.41, 5.74) is 0.377. The van der Waals surface area contributed by atoms with Crippen LogP contribution in [0.3, 0.4) is 0 Å². The van der Waals surface area contributed by atoms with Gasteiger partial charge < -0.3 is 14.8 Å². The zero-order valence-corrected chi connectivity index (χ0v) is 13.0. The number of rotatable bonds is 7. The van der Waals surface area contributed by atoms with Crippen LogP contribution >= 0.6 is 0 Å². The summed E-state index contributed by atoms with van der Waals surface area (Å²) < 4.78 is 18.6. The molecule has 0 aliphatic heterocycles. The van der Waals surface area contributed by atoms with Crippen LogP contribution in [0.2, 0.25) is 0 Å². The normalized spacial score (nSPS) is 11.8. The number of amides is 1. The number of furan rings is 1. The van der Waals surface area contributed by atoms with E-state index in [1.54, 1.807) is 6.07 Å². The van der Waals surface area contributed by atoms with Crippen molar-refractivity contribution in [1.82, 2.24) is 5.32 Å². The highest BCUT2D eigenvalue weighted by molar-refractivity contribution is 5.96. The smallest absolute Gasteiger partial charge is 0.287 e. The number of carbonyl (C=O) groups is 1. The third kappa shape index (κ3) is 3.47. The molecule has 1 amide bonds. The molecule has 0 saturated carbocycles. The lowest BCUT2D eigenvalue weighted by molar-refractivity contribution is 0.0882. The highest BCUT2D eigenvalue weighted by atomic mass is 19.1. The zero-order valence-electron chi connectivity index (χ0n) is 13.0. The quantitative estimate of drug-likeness (QED) is 0.823. The molecule has 2 N–H and O–H groups in total. The summed E-state index contributed by atoms with van der Waals surface area (Å²) in [6.45, 7) is 4.68. The number of hydrogen-bond donors (Lipinski definition) is 2. The first kappa shape index (κ1) is 16.5. The third-order valence-electron chi connectivity index (χ3n) is 4.47. The zero-order chi connectivity index (χ0) is 16.2. The molecule has 0 spiro atoms. The molecule has 4 nitrogen and oxygen atoms in total. The fraction of sp³-hybridized carbons (Fsp3) is 0.471. The van der Waals surface area contributed by atoms with E-state index in [0.29, 0.717) is 23.9 Å². The molecule has 0 saturated heterocycles. The van der Waals surface area contributed by atoms with Crippen molar-refractivity contribution in [3.8, 4) is 0 Å². The highest BCUT2D eigenvalue weighted by Gasteiger charge is 2.26. The Morgan fingerprint density at radius 2 is 2.05 bits per heavy atom. The molecule has 0 aliphatic rings. The minimum absolute atomic E-state index is 0.0987. The number of fused-ring (bicyclic) bond motifs is 1. The number of carbonyl (C=O) groups excluding carboxylic acids is 1.